The third-order valence-electron chi connectivity index (χ3n) is 3.55. The molecule has 1 amide bonds. The molecular weight excluding hydrogens is 320 g/mol. The summed E-state index contributed by atoms with van der Waals surface area (Å²) in [5, 5.41) is 19.3. The average Bonchev–Trinajstić information content (AvgIpc) is 3.05. The lowest BCUT2D eigenvalue weighted by molar-refractivity contribution is -0.137. The van der Waals surface area contributed by atoms with Crippen molar-refractivity contribution in [2.75, 3.05) is 6.54 Å². The maximum absolute atomic E-state index is 12.0. The maximum Gasteiger partial charge on any atom is 0.322 e. The van der Waals surface area contributed by atoms with Crippen LogP contribution < -0.4 is 5.32 Å². The quantitative estimate of drug-likeness (QED) is 0.714. The fourth-order valence-electron chi connectivity index (χ4n) is 2.46. The summed E-state index contributed by atoms with van der Waals surface area (Å²) in [6.45, 7) is -0.424. The molecule has 7 heteroatoms. The lowest BCUT2D eigenvalue weighted by Crippen LogP contribution is -2.30. The van der Waals surface area contributed by atoms with E-state index in [1.165, 1.54) is 0 Å². The monoisotopic (exact) mass is 336 g/mol. The second-order valence-corrected chi connectivity index (χ2v) is 5.35. The van der Waals surface area contributed by atoms with Crippen molar-refractivity contribution in [2.24, 2.45) is 0 Å². The van der Waals surface area contributed by atoms with Crippen LogP contribution in [0.2, 0.25) is 0 Å². The lowest BCUT2D eigenvalue weighted by Gasteiger charge is -2.08. The first-order valence-corrected chi connectivity index (χ1v) is 7.69. The SMILES string of the molecule is O=C(O)CNC(=O)Cc1nnn(-c2ccccc2)c1-c1ccccc1. The summed E-state index contributed by atoms with van der Waals surface area (Å²) in [7, 11) is 0. The standard InChI is InChI=1S/C18H16N4O3/c23-16(19-12-17(24)25)11-15-18(13-7-3-1-4-8-13)22(21-20-15)14-9-5-2-6-10-14/h1-10H,11-12H2,(H,19,23)(H,24,25). The highest BCUT2D eigenvalue weighted by molar-refractivity contribution is 5.84. The van der Waals surface area contributed by atoms with Crippen LogP contribution in [0.4, 0.5) is 0 Å². The smallest absolute Gasteiger partial charge is 0.322 e. The summed E-state index contributed by atoms with van der Waals surface area (Å²) >= 11 is 0. The molecular formula is C18H16N4O3. The number of benzene rings is 2. The minimum atomic E-state index is -1.09. The summed E-state index contributed by atoms with van der Waals surface area (Å²) in [5.41, 5.74) is 2.89. The van der Waals surface area contributed by atoms with Gasteiger partial charge in [0.1, 0.15) is 12.2 Å². The molecule has 7 nitrogen and oxygen atoms in total. The van der Waals surface area contributed by atoms with Crippen LogP contribution in [0, 0.1) is 0 Å². The van der Waals surface area contributed by atoms with E-state index in [9.17, 15) is 9.59 Å². The fourth-order valence-corrected chi connectivity index (χ4v) is 2.46. The Labute approximate surface area is 143 Å². The van der Waals surface area contributed by atoms with Gasteiger partial charge in [0.25, 0.3) is 0 Å². The Balaban J connectivity index is 1.97. The first-order valence-electron chi connectivity index (χ1n) is 7.69. The molecule has 2 aromatic carbocycles. The highest BCUT2D eigenvalue weighted by Crippen LogP contribution is 2.25. The number of amides is 1. The number of carboxylic acids is 1. The van der Waals surface area contributed by atoms with Gasteiger partial charge in [0, 0.05) is 5.56 Å². The summed E-state index contributed by atoms with van der Waals surface area (Å²) in [4.78, 5) is 22.6. The molecule has 25 heavy (non-hydrogen) atoms. The molecule has 0 saturated carbocycles. The van der Waals surface area contributed by atoms with E-state index in [-0.39, 0.29) is 6.42 Å². The normalized spacial score (nSPS) is 10.4. The molecule has 0 saturated heterocycles. The number of aliphatic carboxylic acids is 1. The summed E-state index contributed by atoms with van der Waals surface area (Å²) in [6, 6.07) is 19.0. The van der Waals surface area contributed by atoms with E-state index in [0.29, 0.717) is 11.4 Å². The van der Waals surface area contributed by atoms with Gasteiger partial charge in [0.05, 0.1) is 17.8 Å². The van der Waals surface area contributed by atoms with E-state index < -0.39 is 18.4 Å². The Bertz CT molecular complexity index is 876. The molecule has 0 spiro atoms. The van der Waals surface area contributed by atoms with Crippen LogP contribution in [0.15, 0.2) is 60.7 Å². The molecule has 0 atom stereocenters. The third kappa shape index (κ3) is 3.89. The van der Waals surface area contributed by atoms with Crippen molar-refractivity contribution in [3.05, 3.63) is 66.4 Å². The van der Waals surface area contributed by atoms with Crippen molar-refractivity contribution >= 4 is 11.9 Å². The summed E-state index contributed by atoms with van der Waals surface area (Å²) in [6.07, 6.45) is -0.0512. The number of aromatic nitrogens is 3. The van der Waals surface area contributed by atoms with Gasteiger partial charge in [-0.15, -0.1) is 5.10 Å². The minimum absolute atomic E-state index is 0.0512. The highest BCUT2D eigenvalue weighted by Gasteiger charge is 2.18. The van der Waals surface area contributed by atoms with Crippen LogP contribution in [-0.2, 0) is 16.0 Å². The van der Waals surface area contributed by atoms with Gasteiger partial charge in [-0.2, -0.15) is 0 Å². The van der Waals surface area contributed by atoms with Gasteiger partial charge >= 0.3 is 5.97 Å². The van der Waals surface area contributed by atoms with Crippen LogP contribution in [0.25, 0.3) is 16.9 Å². The molecule has 0 unspecified atom stereocenters. The van der Waals surface area contributed by atoms with Gasteiger partial charge < -0.3 is 10.4 Å². The van der Waals surface area contributed by atoms with E-state index in [1.54, 1.807) is 4.68 Å². The highest BCUT2D eigenvalue weighted by atomic mass is 16.4. The predicted molar refractivity (Wildman–Crippen MR) is 91.1 cm³/mol. The second-order valence-electron chi connectivity index (χ2n) is 5.35. The number of rotatable bonds is 6. The average molecular weight is 336 g/mol. The zero-order valence-electron chi connectivity index (χ0n) is 13.3. The minimum Gasteiger partial charge on any atom is -0.480 e. The van der Waals surface area contributed by atoms with Crippen LogP contribution in [-0.4, -0.2) is 38.5 Å². The van der Waals surface area contributed by atoms with Crippen LogP contribution in [0.3, 0.4) is 0 Å². The lowest BCUT2D eigenvalue weighted by atomic mass is 10.1. The zero-order valence-corrected chi connectivity index (χ0v) is 13.3. The molecule has 0 aliphatic heterocycles. The number of carbonyl (C=O) groups is 2. The maximum atomic E-state index is 12.0. The Kier molecular flexibility index (Phi) is 4.84. The van der Waals surface area contributed by atoms with Crippen molar-refractivity contribution in [3.8, 4) is 16.9 Å². The molecule has 0 fully saturated rings. The molecule has 3 rings (SSSR count). The first-order chi connectivity index (χ1) is 12.1. The van der Waals surface area contributed by atoms with Crippen LogP contribution >= 0.6 is 0 Å². The van der Waals surface area contributed by atoms with E-state index in [1.807, 2.05) is 60.7 Å². The Morgan fingerprint density at radius 1 is 1.00 bits per heavy atom. The van der Waals surface area contributed by atoms with E-state index in [2.05, 4.69) is 15.6 Å². The van der Waals surface area contributed by atoms with Gasteiger partial charge in [-0.3, -0.25) is 9.59 Å². The van der Waals surface area contributed by atoms with E-state index >= 15 is 0 Å². The second kappa shape index (κ2) is 7.39. The van der Waals surface area contributed by atoms with Gasteiger partial charge in [-0.25, -0.2) is 4.68 Å². The molecule has 126 valence electrons. The summed E-state index contributed by atoms with van der Waals surface area (Å²) < 4.78 is 1.68. The summed E-state index contributed by atoms with van der Waals surface area (Å²) in [5.74, 6) is -1.51. The van der Waals surface area contributed by atoms with Crippen LogP contribution in [0.5, 0.6) is 0 Å². The fraction of sp³-hybridized carbons (Fsp3) is 0.111. The van der Waals surface area contributed by atoms with Gasteiger partial charge in [-0.1, -0.05) is 53.7 Å². The molecule has 1 aromatic heterocycles. The largest absolute Gasteiger partial charge is 0.480 e. The molecule has 0 aliphatic rings. The van der Waals surface area contributed by atoms with Crippen molar-refractivity contribution in [1.29, 1.82) is 0 Å². The van der Waals surface area contributed by atoms with Crippen LogP contribution in [0.1, 0.15) is 5.69 Å². The number of nitrogens with one attached hydrogen (secondary N) is 1. The Morgan fingerprint density at radius 2 is 1.64 bits per heavy atom. The van der Waals surface area contributed by atoms with Crippen molar-refractivity contribution < 1.29 is 14.7 Å². The molecule has 1 heterocycles. The number of carbonyl (C=O) groups excluding carboxylic acids is 1. The van der Waals surface area contributed by atoms with Crippen molar-refractivity contribution in [2.45, 2.75) is 6.42 Å². The molecule has 2 N–H and O–H groups in total. The number of para-hydroxylation sites is 1. The topological polar surface area (TPSA) is 97.1 Å². The predicted octanol–water partition coefficient (Wildman–Crippen LogP) is 1.68. The molecule has 0 bridgehead atoms. The first kappa shape index (κ1) is 16.4. The van der Waals surface area contributed by atoms with Gasteiger partial charge in [0.2, 0.25) is 5.91 Å². The van der Waals surface area contributed by atoms with E-state index in [4.69, 9.17) is 5.11 Å². The molecule has 0 radical (unpaired) electrons. The Morgan fingerprint density at radius 3 is 2.28 bits per heavy atom. The van der Waals surface area contributed by atoms with Crippen molar-refractivity contribution in [3.63, 3.8) is 0 Å². The Hall–Kier alpha value is -3.48. The number of carboxylic acid groups (broad SMARTS) is 1. The van der Waals surface area contributed by atoms with E-state index in [0.717, 1.165) is 11.3 Å². The molecule has 0 aliphatic carbocycles. The third-order valence-corrected chi connectivity index (χ3v) is 3.55. The number of hydrogen-bond donors (Lipinski definition) is 2. The number of hydrogen-bond acceptors (Lipinski definition) is 4. The van der Waals surface area contributed by atoms with Gasteiger partial charge in [-0.05, 0) is 12.1 Å². The number of nitrogens with zero attached hydrogens (tertiary/aromatic N) is 3. The van der Waals surface area contributed by atoms with Gasteiger partial charge in [0.15, 0.2) is 0 Å². The van der Waals surface area contributed by atoms with Crippen molar-refractivity contribution in [1.82, 2.24) is 20.3 Å². The zero-order chi connectivity index (χ0) is 17.6. The molecule has 3 aromatic rings.